The van der Waals surface area contributed by atoms with Crippen LogP contribution in [0, 0.1) is 0 Å². The Kier molecular flexibility index (Phi) is 4.57. The van der Waals surface area contributed by atoms with Crippen LogP contribution in [0.25, 0.3) is 11.2 Å². The highest BCUT2D eigenvalue weighted by molar-refractivity contribution is 5.97. The van der Waals surface area contributed by atoms with Gasteiger partial charge in [0, 0.05) is 32.3 Å². The fraction of sp³-hybridized carbons (Fsp3) is 0.611. The lowest BCUT2D eigenvalue weighted by atomic mass is 10.1. The van der Waals surface area contributed by atoms with Gasteiger partial charge >= 0.3 is 0 Å². The van der Waals surface area contributed by atoms with Gasteiger partial charge in [0.2, 0.25) is 5.91 Å². The average Bonchev–Trinajstić information content (AvgIpc) is 3.05. The van der Waals surface area contributed by atoms with E-state index in [9.17, 15) is 9.59 Å². The number of hydrogen-bond donors (Lipinski definition) is 1. The Hall–Kier alpha value is -2.51. The zero-order valence-electron chi connectivity index (χ0n) is 15.0. The Morgan fingerprint density at radius 1 is 1.23 bits per heavy atom. The lowest BCUT2D eigenvalue weighted by Gasteiger charge is -2.27. The quantitative estimate of drug-likeness (QED) is 0.840. The van der Waals surface area contributed by atoms with Crippen LogP contribution in [-0.2, 0) is 11.8 Å². The summed E-state index contributed by atoms with van der Waals surface area (Å²) in [5, 5.41) is 10.9. The van der Waals surface area contributed by atoms with E-state index >= 15 is 0 Å². The molecule has 1 aliphatic heterocycles. The molecule has 2 fully saturated rings. The van der Waals surface area contributed by atoms with Gasteiger partial charge in [-0.3, -0.25) is 9.59 Å². The molecule has 26 heavy (non-hydrogen) atoms. The molecule has 2 aromatic rings. The predicted molar refractivity (Wildman–Crippen MR) is 95.4 cm³/mol. The van der Waals surface area contributed by atoms with Crippen LogP contribution < -0.4 is 5.32 Å². The van der Waals surface area contributed by atoms with Crippen LogP contribution in [0.2, 0.25) is 0 Å². The minimum absolute atomic E-state index is 0.143. The molecule has 0 bridgehead atoms. The van der Waals surface area contributed by atoms with Crippen LogP contribution >= 0.6 is 0 Å². The molecule has 4 rings (SSSR count). The maximum atomic E-state index is 12.6. The predicted octanol–water partition coefficient (Wildman–Crippen LogP) is 1.42. The number of carbonyl (C=O) groups is 2. The second kappa shape index (κ2) is 7.01. The summed E-state index contributed by atoms with van der Waals surface area (Å²) >= 11 is 0. The van der Waals surface area contributed by atoms with Crippen molar-refractivity contribution in [1.82, 2.24) is 30.2 Å². The van der Waals surface area contributed by atoms with E-state index in [1.165, 1.54) is 31.9 Å². The van der Waals surface area contributed by atoms with Gasteiger partial charge in [-0.2, -0.15) is 0 Å². The largest absolute Gasteiger partial charge is 0.347 e. The van der Waals surface area contributed by atoms with E-state index in [0.717, 1.165) is 12.8 Å². The number of amides is 2. The second-order valence-electron chi connectivity index (χ2n) is 7.35. The van der Waals surface area contributed by atoms with E-state index in [0.29, 0.717) is 35.7 Å². The summed E-state index contributed by atoms with van der Waals surface area (Å²) in [7, 11) is 1.76. The van der Waals surface area contributed by atoms with Crippen molar-refractivity contribution in [2.45, 2.75) is 57.0 Å². The lowest BCUT2D eigenvalue weighted by Crippen LogP contribution is -2.40. The molecule has 1 saturated carbocycles. The average molecular weight is 356 g/mol. The Balaban J connectivity index is 1.41. The zero-order chi connectivity index (χ0) is 18.1. The van der Waals surface area contributed by atoms with Gasteiger partial charge in [-0.1, -0.05) is 30.9 Å². The highest BCUT2D eigenvalue weighted by Gasteiger charge is 2.35. The molecule has 3 heterocycles. The first-order valence-corrected chi connectivity index (χ1v) is 9.37. The number of pyridine rings is 1. The van der Waals surface area contributed by atoms with E-state index in [1.807, 2.05) is 4.90 Å². The molecular formula is C18H24N6O2. The third-order valence-corrected chi connectivity index (χ3v) is 5.46. The summed E-state index contributed by atoms with van der Waals surface area (Å²) in [6, 6.07) is 1.88. The zero-order valence-corrected chi connectivity index (χ0v) is 15.0. The number of rotatable bonds is 3. The summed E-state index contributed by atoms with van der Waals surface area (Å²) in [5.41, 5.74) is 1.67. The van der Waals surface area contributed by atoms with E-state index in [1.54, 1.807) is 17.8 Å². The molecule has 8 heteroatoms. The third kappa shape index (κ3) is 3.27. The monoisotopic (exact) mass is 356 g/mol. The van der Waals surface area contributed by atoms with Crippen molar-refractivity contribution in [1.29, 1.82) is 0 Å². The Morgan fingerprint density at radius 2 is 2.00 bits per heavy atom. The molecule has 0 aromatic carbocycles. The van der Waals surface area contributed by atoms with Gasteiger partial charge in [-0.25, -0.2) is 9.67 Å². The molecule has 138 valence electrons. The van der Waals surface area contributed by atoms with E-state index in [2.05, 4.69) is 20.6 Å². The van der Waals surface area contributed by atoms with Crippen LogP contribution in [0.4, 0.5) is 0 Å². The van der Waals surface area contributed by atoms with Crippen LogP contribution in [0.5, 0.6) is 0 Å². The first-order valence-electron chi connectivity index (χ1n) is 9.37. The Labute approximate surface area is 151 Å². The van der Waals surface area contributed by atoms with Crippen molar-refractivity contribution in [2.24, 2.45) is 7.05 Å². The minimum atomic E-state index is -0.217. The van der Waals surface area contributed by atoms with Crippen molar-refractivity contribution >= 4 is 23.0 Å². The number of nitrogens with zero attached hydrogens (tertiary/aromatic N) is 5. The van der Waals surface area contributed by atoms with Gasteiger partial charge in [0.05, 0.1) is 11.6 Å². The fourth-order valence-corrected chi connectivity index (χ4v) is 4.07. The van der Waals surface area contributed by atoms with Crippen LogP contribution in [0.3, 0.4) is 0 Å². The van der Waals surface area contributed by atoms with Gasteiger partial charge in [-0.15, -0.1) is 5.10 Å². The van der Waals surface area contributed by atoms with E-state index < -0.39 is 0 Å². The summed E-state index contributed by atoms with van der Waals surface area (Å²) in [5.74, 6) is -0.0599. The first kappa shape index (κ1) is 16.9. The molecule has 8 nitrogen and oxygen atoms in total. The molecular weight excluding hydrogens is 332 g/mol. The maximum absolute atomic E-state index is 12.6. The van der Waals surface area contributed by atoms with Gasteiger partial charge in [0.1, 0.15) is 5.52 Å². The summed E-state index contributed by atoms with van der Waals surface area (Å²) in [6.45, 7) is 0.607. The number of aromatic nitrogens is 4. The molecule has 2 aliphatic rings. The van der Waals surface area contributed by atoms with E-state index in [-0.39, 0.29) is 17.9 Å². The number of fused-ring (bicyclic) bond motifs is 1. The number of carbonyl (C=O) groups excluding carboxylic acids is 2. The molecule has 1 aliphatic carbocycles. The minimum Gasteiger partial charge on any atom is -0.347 e. The molecule has 1 atom stereocenters. The van der Waals surface area contributed by atoms with Crippen LogP contribution in [0.1, 0.15) is 55.3 Å². The molecule has 0 unspecified atom stereocenters. The molecule has 1 N–H and O–H groups in total. The van der Waals surface area contributed by atoms with Crippen LogP contribution in [0.15, 0.2) is 12.3 Å². The molecule has 2 aromatic heterocycles. The summed E-state index contributed by atoms with van der Waals surface area (Å²) < 4.78 is 1.57. The third-order valence-electron chi connectivity index (χ3n) is 5.46. The lowest BCUT2D eigenvalue weighted by molar-refractivity contribution is -0.129. The topological polar surface area (TPSA) is 93.0 Å². The van der Waals surface area contributed by atoms with Gasteiger partial charge < -0.3 is 10.2 Å². The van der Waals surface area contributed by atoms with Crippen LogP contribution in [-0.4, -0.2) is 55.3 Å². The standard InChI is InChI=1S/C18H24N6O2/c1-23-17-15(21-22-23)8-12(10-19-17)18(26)20-13-9-16(25)24(11-13)14-6-4-2-3-5-7-14/h8,10,13-14H,2-7,9,11H2,1H3,(H,20,26)/t13-/m0/s1. The normalized spacial score (nSPS) is 22.0. The SMILES string of the molecule is Cn1nnc2cc(C(=O)N[C@H]3CC(=O)N(C4CCCCCC4)C3)cnc21. The summed E-state index contributed by atoms with van der Waals surface area (Å²) in [4.78, 5) is 31.2. The first-order chi connectivity index (χ1) is 12.6. The molecule has 0 spiro atoms. The van der Waals surface area contributed by atoms with Gasteiger partial charge in [-0.05, 0) is 18.9 Å². The smallest absolute Gasteiger partial charge is 0.253 e. The Bertz CT molecular complexity index is 824. The van der Waals surface area contributed by atoms with Crippen molar-refractivity contribution in [3.8, 4) is 0 Å². The number of hydrogen-bond acceptors (Lipinski definition) is 5. The Morgan fingerprint density at radius 3 is 2.77 bits per heavy atom. The van der Waals surface area contributed by atoms with Gasteiger partial charge in [0.25, 0.3) is 5.91 Å². The highest BCUT2D eigenvalue weighted by atomic mass is 16.2. The molecule has 2 amide bonds. The van der Waals surface area contributed by atoms with Crippen molar-refractivity contribution < 1.29 is 9.59 Å². The highest BCUT2D eigenvalue weighted by Crippen LogP contribution is 2.26. The number of nitrogens with one attached hydrogen (secondary N) is 1. The van der Waals surface area contributed by atoms with Crippen molar-refractivity contribution in [3.05, 3.63) is 17.8 Å². The van der Waals surface area contributed by atoms with Crippen molar-refractivity contribution in [2.75, 3.05) is 6.54 Å². The molecule has 0 radical (unpaired) electrons. The fourth-order valence-electron chi connectivity index (χ4n) is 4.07. The second-order valence-corrected chi connectivity index (χ2v) is 7.35. The maximum Gasteiger partial charge on any atom is 0.253 e. The van der Waals surface area contributed by atoms with Gasteiger partial charge in [0.15, 0.2) is 5.65 Å². The van der Waals surface area contributed by atoms with Crippen molar-refractivity contribution in [3.63, 3.8) is 0 Å². The summed E-state index contributed by atoms with van der Waals surface area (Å²) in [6.07, 6.45) is 8.97. The number of aryl methyl sites for hydroxylation is 1. The molecule has 1 saturated heterocycles. The van der Waals surface area contributed by atoms with E-state index in [4.69, 9.17) is 0 Å². The number of likely N-dealkylation sites (tertiary alicyclic amines) is 1.